The zero-order valence-corrected chi connectivity index (χ0v) is 11.5. The van der Waals surface area contributed by atoms with E-state index >= 15 is 0 Å². The van der Waals surface area contributed by atoms with Gasteiger partial charge in [-0.3, -0.25) is 0 Å². The smallest absolute Gasteiger partial charge is 0.171 e. The number of aromatic nitrogens is 1. The van der Waals surface area contributed by atoms with Crippen LogP contribution in [0.5, 0.6) is 0 Å². The van der Waals surface area contributed by atoms with Crippen LogP contribution in [-0.2, 0) is 4.74 Å². The van der Waals surface area contributed by atoms with Gasteiger partial charge in [0.2, 0.25) is 0 Å². The minimum Gasteiger partial charge on any atom is -0.409 e. The molecule has 0 spiro atoms. The number of hydrogen-bond donors (Lipinski definition) is 3. The first kappa shape index (κ1) is 15.5. The summed E-state index contributed by atoms with van der Waals surface area (Å²) in [6, 6.07) is 1.54. The summed E-state index contributed by atoms with van der Waals surface area (Å²) in [5.41, 5.74) is 5.89. The second kappa shape index (κ2) is 7.13. The van der Waals surface area contributed by atoms with Crippen molar-refractivity contribution in [1.29, 1.82) is 0 Å². The van der Waals surface area contributed by atoms with Gasteiger partial charge in [-0.1, -0.05) is 16.8 Å². The van der Waals surface area contributed by atoms with Crippen molar-refractivity contribution in [1.82, 2.24) is 4.98 Å². The Morgan fingerprint density at radius 1 is 1.68 bits per heavy atom. The molecule has 0 saturated heterocycles. The van der Waals surface area contributed by atoms with Gasteiger partial charge in [0.15, 0.2) is 5.84 Å². The average molecular weight is 289 g/mol. The first-order valence-corrected chi connectivity index (χ1v) is 5.89. The molecule has 0 saturated carbocycles. The highest BCUT2D eigenvalue weighted by Gasteiger charge is 2.16. The number of methoxy groups -OCH3 is 1. The van der Waals surface area contributed by atoms with Crippen molar-refractivity contribution >= 4 is 23.3 Å². The Balaban J connectivity index is 2.95. The number of aliphatic hydroxyl groups excluding tert-OH is 1. The van der Waals surface area contributed by atoms with Gasteiger partial charge in [-0.25, -0.2) is 4.98 Å². The molecule has 7 nitrogen and oxygen atoms in total. The van der Waals surface area contributed by atoms with Gasteiger partial charge in [0.1, 0.15) is 5.82 Å². The van der Waals surface area contributed by atoms with Crippen LogP contribution in [0.1, 0.15) is 5.56 Å². The van der Waals surface area contributed by atoms with Gasteiger partial charge >= 0.3 is 0 Å². The molecule has 0 bridgehead atoms. The number of anilines is 1. The van der Waals surface area contributed by atoms with Crippen LogP contribution in [-0.4, -0.2) is 54.5 Å². The molecule has 1 unspecified atom stereocenters. The molecule has 1 aromatic heterocycles. The number of aliphatic hydroxyl groups is 1. The minimum absolute atomic E-state index is 0.0977. The number of oxime groups is 1. The fourth-order valence-electron chi connectivity index (χ4n) is 1.60. The normalized spacial score (nSPS) is 13.4. The molecule has 1 heterocycles. The first-order valence-electron chi connectivity index (χ1n) is 5.51. The maximum Gasteiger partial charge on any atom is 0.171 e. The Kier molecular flexibility index (Phi) is 5.81. The van der Waals surface area contributed by atoms with Crippen molar-refractivity contribution in [3.8, 4) is 0 Å². The molecule has 1 rings (SSSR count). The van der Waals surface area contributed by atoms with Crippen LogP contribution in [0.4, 0.5) is 5.82 Å². The van der Waals surface area contributed by atoms with Crippen molar-refractivity contribution in [2.24, 2.45) is 10.9 Å². The Bertz CT molecular complexity index is 456. The number of ether oxygens (including phenoxy) is 1. The average Bonchev–Trinajstić information content (AvgIpc) is 2.38. The summed E-state index contributed by atoms with van der Waals surface area (Å²) in [5.74, 6) is 0.334. The van der Waals surface area contributed by atoms with E-state index in [2.05, 4.69) is 10.1 Å². The van der Waals surface area contributed by atoms with Crippen molar-refractivity contribution < 1.29 is 15.1 Å². The van der Waals surface area contributed by atoms with Crippen molar-refractivity contribution in [2.45, 2.75) is 6.10 Å². The number of nitrogens with zero attached hydrogens (tertiary/aromatic N) is 3. The van der Waals surface area contributed by atoms with E-state index in [9.17, 15) is 5.11 Å². The van der Waals surface area contributed by atoms with Crippen LogP contribution < -0.4 is 10.6 Å². The third-order valence-electron chi connectivity index (χ3n) is 2.46. The van der Waals surface area contributed by atoms with Crippen LogP contribution in [0.3, 0.4) is 0 Å². The third-order valence-corrected chi connectivity index (χ3v) is 2.83. The molecular weight excluding hydrogens is 272 g/mol. The van der Waals surface area contributed by atoms with Gasteiger partial charge in [0.25, 0.3) is 0 Å². The topological polar surface area (TPSA) is 104 Å². The molecule has 0 radical (unpaired) electrons. The van der Waals surface area contributed by atoms with Gasteiger partial charge in [0, 0.05) is 32.5 Å². The lowest BCUT2D eigenvalue weighted by Gasteiger charge is -2.22. The van der Waals surface area contributed by atoms with Crippen molar-refractivity contribution in [3.05, 3.63) is 22.8 Å². The van der Waals surface area contributed by atoms with Crippen LogP contribution in [0, 0.1) is 0 Å². The zero-order valence-electron chi connectivity index (χ0n) is 10.7. The molecule has 19 heavy (non-hydrogen) atoms. The highest BCUT2D eigenvalue weighted by molar-refractivity contribution is 6.36. The molecule has 0 aliphatic carbocycles. The lowest BCUT2D eigenvalue weighted by Crippen LogP contribution is -2.32. The number of amidine groups is 1. The standard InChI is InChI=1S/C11H17ClN4O3/c1-16(5-7(17)6-19-2)11-9(12)8(3-4-14-11)10(13)15-18/h3-4,7,17-18H,5-6H2,1-2H3,(H2,13,15). The Hall–Kier alpha value is -1.57. The van der Waals surface area contributed by atoms with Crippen LogP contribution in [0.25, 0.3) is 0 Å². The summed E-state index contributed by atoms with van der Waals surface area (Å²) in [6.45, 7) is 0.502. The van der Waals surface area contributed by atoms with Gasteiger partial charge in [-0.05, 0) is 6.07 Å². The van der Waals surface area contributed by atoms with E-state index in [4.69, 9.17) is 27.3 Å². The summed E-state index contributed by atoms with van der Waals surface area (Å²) >= 11 is 6.15. The molecule has 1 atom stereocenters. The molecule has 0 aromatic carbocycles. The summed E-state index contributed by atoms with van der Waals surface area (Å²) in [7, 11) is 3.23. The number of rotatable bonds is 6. The SMILES string of the molecule is COCC(O)CN(C)c1nccc(/C(N)=N/O)c1Cl. The molecule has 0 aliphatic heterocycles. The van der Waals surface area contributed by atoms with Crippen LogP contribution in [0.2, 0.25) is 5.02 Å². The molecule has 8 heteroatoms. The van der Waals surface area contributed by atoms with Gasteiger partial charge in [-0.15, -0.1) is 0 Å². The zero-order chi connectivity index (χ0) is 14.4. The molecule has 4 N–H and O–H groups in total. The fourth-order valence-corrected chi connectivity index (χ4v) is 1.95. The van der Waals surface area contributed by atoms with E-state index in [0.717, 1.165) is 0 Å². The minimum atomic E-state index is -0.666. The molecule has 0 aliphatic rings. The highest BCUT2D eigenvalue weighted by Crippen LogP contribution is 2.26. The monoisotopic (exact) mass is 288 g/mol. The van der Waals surface area contributed by atoms with E-state index < -0.39 is 6.10 Å². The second-order valence-corrected chi connectivity index (χ2v) is 4.35. The van der Waals surface area contributed by atoms with E-state index in [1.165, 1.54) is 13.3 Å². The van der Waals surface area contributed by atoms with E-state index in [1.54, 1.807) is 18.0 Å². The third kappa shape index (κ3) is 3.95. The van der Waals surface area contributed by atoms with Crippen LogP contribution in [0.15, 0.2) is 17.4 Å². The Morgan fingerprint density at radius 3 is 2.95 bits per heavy atom. The van der Waals surface area contributed by atoms with Crippen molar-refractivity contribution in [2.75, 3.05) is 32.2 Å². The quantitative estimate of drug-likeness (QED) is 0.300. The number of pyridine rings is 1. The number of likely N-dealkylation sites (N-methyl/N-ethyl adjacent to an activating group) is 1. The lowest BCUT2D eigenvalue weighted by molar-refractivity contribution is 0.0694. The molecule has 1 aromatic rings. The number of hydrogen-bond acceptors (Lipinski definition) is 6. The van der Waals surface area contributed by atoms with E-state index in [-0.39, 0.29) is 17.5 Å². The van der Waals surface area contributed by atoms with Crippen LogP contribution >= 0.6 is 11.6 Å². The Labute approximate surface area is 116 Å². The van der Waals surface area contributed by atoms with Gasteiger partial charge < -0.3 is 25.7 Å². The van der Waals surface area contributed by atoms with Crippen molar-refractivity contribution in [3.63, 3.8) is 0 Å². The summed E-state index contributed by atoms with van der Waals surface area (Å²) in [6.07, 6.45) is 0.828. The predicted octanol–water partition coefficient (Wildman–Crippen LogP) is 0.273. The highest BCUT2D eigenvalue weighted by atomic mass is 35.5. The predicted molar refractivity (Wildman–Crippen MR) is 72.9 cm³/mol. The largest absolute Gasteiger partial charge is 0.409 e. The molecule has 0 amide bonds. The maximum atomic E-state index is 9.67. The Morgan fingerprint density at radius 2 is 2.37 bits per heavy atom. The maximum absolute atomic E-state index is 9.67. The number of nitrogens with two attached hydrogens (primary N) is 1. The van der Waals surface area contributed by atoms with Gasteiger partial charge in [0.05, 0.1) is 17.7 Å². The van der Waals surface area contributed by atoms with Gasteiger partial charge in [-0.2, -0.15) is 0 Å². The number of halogens is 1. The summed E-state index contributed by atoms with van der Waals surface area (Å²) in [5, 5.41) is 21.5. The molecule has 106 valence electrons. The molecule has 0 fully saturated rings. The summed E-state index contributed by atoms with van der Waals surface area (Å²) in [4.78, 5) is 5.79. The fraction of sp³-hybridized carbons (Fsp3) is 0.455. The molecular formula is C11H17ClN4O3. The van der Waals surface area contributed by atoms with E-state index in [1.807, 2.05) is 0 Å². The van der Waals surface area contributed by atoms with E-state index in [0.29, 0.717) is 17.9 Å². The lowest BCUT2D eigenvalue weighted by atomic mass is 10.2. The first-order chi connectivity index (χ1) is 9.01. The summed E-state index contributed by atoms with van der Waals surface area (Å²) < 4.78 is 4.85. The second-order valence-electron chi connectivity index (χ2n) is 3.97.